The van der Waals surface area contributed by atoms with Crippen LogP contribution in [0.15, 0.2) is 0 Å². The molecule has 20 heavy (non-hydrogen) atoms. The topological polar surface area (TPSA) is 18.5 Å². The standard InChI is InChI=1S/C17H37N3/c1-8-20-11-9-10-16(20)13-19(7)15(3)14(2)12-18-17(4,5)6/h14-16,18H,8-13H2,1-7H3. The van der Waals surface area contributed by atoms with Gasteiger partial charge < -0.3 is 10.2 Å². The van der Waals surface area contributed by atoms with Crippen molar-refractivity contribution >= 4 is 0 Å². The van der Waals surface area contributed by atoms with Crippen LogP contribution in [0.4, 0.5) is 0 Å². The van der Waals surface area contributed by atoms with Gasteiger partial charge in [0.05, 0.1) is 0 Å². The summed E-state index contributed by atoms with van der Waals surface area (Å²) >= 11 is 0. The van der Waals surface area contributed by atoms with Crippen molar-refractivity contribution in [3.8, 4) is 0 Å². The zero-order valence-corrected chi connectivity index (χ0v) is 14.9. The van der Waals surface area contributed by atoms with Gasteiger partial charge in [-0.15, -0.1) is 0 Å². The van der Waals surface area contributed by atoms with E-state index < -0.39 is 0 Å². The smallest absolute Gasteiger partial charge is 0.0223 e. The Bertz CT molecular complexity index is 272. The number of hydrogen-bond donors (Lipinski definition) is 1. The number of rotatable bonds is 7. The summed E-state index contributed by atoms with van der Waals surface area (Å²) in [5, 5.41) is 3.63. The van der Waals surface area contributed by atoms with Crippen molar-refractivity contribution < 1.29 is 0 Å². The van der Waals surface area contributed by atoms with Crippen molar-refractivity contribution in [2.24, 2.45) is 5.92 Å². The molecule has 0 amide bonds. The van der Waals surface area contributed by atoms with E-state index in [-0.39, 0.29) is 5.54 Å². The highest BCUT2D eigenvalue weighted by Gasteiger charge is 2.27. The highest BCUT2D eigenvalue weighted by atomic mass is 15.2. The number of likely N-dealkylation sites (N-methyl/N-ethyl adjacent to an activating group) is 2. The van der Waals surface area contributed by atoms with E-state index in [1.807, 2.05) is 0 Å². The van der Waals surface area contributed by atoms with Crippen molar-refractivity contribution in [1.29, 1.82) is 0 Å². The van der Waals surface area contributed by atoms with Gasteiger partial charge in [0.2, 0.25) is 0 Å². The van der Waals surface area contributed by atoms with Gasteiger partial charge in [-0.25, -0.2) is 0 Å². The average Bonchev–Trinajstić information content (AvgIpc) is 2.81. The highest BCUT2D eigenvalue weighted by Crippen LogP contribution is 2.19. The van der Waals surface area contributed by atoms with Gasteiger partial charge in [0.1, 0.15) is 0 Å². The molecule has 1 aliphatic rings. The normalized spacial score (nSPS) is 24.3. The summed E-state index contributed by atoms with van der Waals surface area (Å²) in [6.45, 7) is 18.6. The van der Waals surface area contributed by atoms with E-state index in [0.717, 1.165) is 12.6 Å². The summed E-state index contributed by atoms with van der Waals surface area (Å²) in [4.78, 5) is 5.20. The van der Waals surface area contributed by atoms with Gasteiger partial charge in [-0.3, -0.25) is 4.90 Å². The first-order valence-corrected chi connectivity index (χ1v) is 8.44. The number of nitrogens with zero attached hydrogens (tertiary/aromatic N) is 2. The zero-order chi connectivity index (χ0) is 15.3. The molecule has 120 valence electrons. The maximum absolute atomic E-state index is 3.63. The maximum Gasteiger partial charge on any atom is 0.0223 e. The Morgan fingerprint density at radius 2 is 1.95 bits per heavy atom. The lowest BCUT2D eigenvalue weighted by Gasteiger charge is -2.35. The molecule has 0 aromatic heterocycles. The number of likely N-dealkylation sites (tertiary alicyclic amines) is 1. The van der Waals surface area contributed by atoms with Crippen LogP contribution in [0.1, 0.15) is 54.4 Å². The molecule has 0 aromatic rings. The van der Waals surface area contributed by atoms with E-state index in [1.165, 1.54) is 32.5 Å². The molecule has 1 rings (SSSR count). The van der Waals surface area contributed by atoms with Crippen LogP contribution >= 0.6 is 0 Å². The summed E-state index contributed by atoms with van der Waals surface area (Å²) in [5.74, 6) is 0.677. The minimum atomic E-state index is 0.219. The van der Waals surface area contributed by atoms with Gasteiger partial charge in [0.15, 0.2) is 0 Å². The Morgan fingerprint density at radius 1 is 1.30 bits per heavy atom. The lowest BCUT2D eigenvalue weighted by atomic mass is 9.99. The third kappa shape index (κ3) is 5.71. The van der Waals surface area contributed by atoms with Crippen LogP contribution in [0, 0.1) is 5.92 Å². The van der Waals surface area contributed by atoms with Crippen molar-refractivity contribution in [1.82, 2.24) is 15.1 Å². The number of nitrogens with one attached hydrogen (secondary N) is 1. The minimum Gasteiger partial charge on any atom is -0.312 e. The van der Waals surface area contributed by atoms with E-state index in [4.69, 9.17) is 0 Å². The third-order valence-corrected chi connectivity index (χ3v) is 4.88. The highest BCUT2D eigenvalue weighted by molar-refractivity contribution is 4.84. The second kappa shape index (κ2) is 7.77. The Kier molecular flexibility index (Phi) is 6.96. The van der Waals surface area contributed by atoms with Crippen LogP contribution in [0.3, 0.4) is 0 Å². The molecule has 3 atom stereocenters. The molecule has 0 saturated carbocycles. The van der Waals surface area contributed by atoms with Crippen LogP contribution < -0.4 is 5.32 Å². The Hall–Kier alpha value is -0.120. The molecular formula is C17H37N3. The fourth-order valence-electron chi connectivity index (χ4n) is 3.09. The molecule has 3 unspecified atom stereocenters. The largest absolute Gasteiger partial charge is 0.312 e. The summed E-state index contributed by atoms with van der Waals surface area (Å²) in [6, 6.07) is 1.40. The minimum absolute atomic E-state index is 0.219. The monoisotopic (exact) mass is 283 g/mol. The van der Waals surface area contributed by atoms with Crippen LogP contribution in [-0.2, 0) is 0 Å². The summed E-state index contributed by atoms with van der Waals surface area (Å²) < 4.78 is 0. The zero-order valence-electron chi connectivity index (χ0n) is 14.9. The molecule has 0 spiro atoms. The molecule has 0 radical (unpaired) electrons. The Balaban J connectivity index is 2.39. The van der Waals surface area contributed by atoms with Crippen molar-refractivity contribution in [3.63, 3.8) is 0 Å². The molecule has 1 aliphatic heterocycles. The second-order valence-corrected chi connectivity index (χ2v) is 7.71. The fraction of sp³-hybridized carbons (Fsp3) is 1.00. The van der Waals surface area contributed by atoms with Crippen LogP contribution in [0.2, 0.25) is 0 Å². The molecule has 1 saturated heterocycles. The van der Waals surface area contributed by atoms with Gasteiger partial charge in [-0.1, -0.05) is 13.8 Å². The van der Waals surface area contributed by atoms with Crippen molar-refractivity contribution in [2.45, 2.75) is 72.0 Å². The van der Waals surface area contributed by atoms with Crippen LogP contribution in [-0.4, -0.2) is 60.6 Å². The molecule has 0 aromatic carbocycles. The fourth-order valence-corrected chi connectivity index (χ4v) is 3.09. The molecule has 0 bridgehead atoms. The molecule has 1 fully saturated rings. The van der Waals surface area contributed by atoms with E-state index in [1.54, 1.807) is 0 Å². The van der Waals surface area contributed by atoms with Gasteiger partial charge in [0.25, 0.3) is 0 Å². The van der Waals surface area contributed by atoms with Crippen molar-refractivity contribution in [3.05, 3.63) is 0 Å². The average molecular weight is 284 g/mol. The molecule has 1 heterocycles. The molecule has 0 aliphatic carbocycles. The van der Waals surface area contributed by atoms with Gasteiger partial charge >= 0.3 is 0 Å². The van der Waals surface area contributed by atoms with E-state index >= 15 is 0 Å². The lowest BCUT2D eigenvalue weighted by Crippen LogP contribution is -2.47. The van der Waals surface area contributed by atoms with E-state index in [2.05, 4.69) is 63.7 Å². The predicted octanol–water partition coefficient (Wildman–Crippen LogP) is 2.82. The Labute approximate surface area is 127 Å². The first-order valence-electron chi connectivity index (χ1n) is 8.44. The number of hydrogen-bond acceptors (Lipinski definition) is 3. The van der Waals surface area contributed by atoms with Crippen LogP contribution in [0.5, 0.6) is 0 Å². The Morgan fingerprint density at radius 3 is 2.50 bits per heavy atom. The van der Waals surface area contributed by atoms with Crippen molar-refractivity contribution in [2.75, 3.05) is 33.2 Å². The summed E-state index contributed by atoms with van der Waals surface area (Å²) in [7, 11) is 2.30. The lowest BCUT2D eigenvalue weighted by molar-refractivity contribution is 0.138. The first-order chi connectivity index (χ1) is 9.24. The quantitative estimate of drug-likeness (QED) is 0.775. The predicted molar refractivity (Wildman–Crippen MR) is 89.3 cm³/mol. The SMILES string of the molecule is CCN1CCCC1CN(C)C(C)C(C)CNC(C)(C)C. The molecule has 1 N–H and O–H groups in total. The summed E-state index contributed by atoms with van der Waals surface area (Å²) in [6.07, 6.45) is 2.75. The maximum atomic E-state index is 3.63. The van der Waals surface area contributed by atoms with Gasteiger partial charge in [-0.2, -0.15) is 0 Å². The second-order valence-electron chi connectivity index (χ2n) is 7.71. The molecule has 3 heteroatoms. The first kappa shape index (κ1) is 17.9. The van der Waals surface area contributed by atoms with Gasteiger partial charge in [-0.05, 0) is 73.1 Å². The third-order valence-electron chi connectivity index (χ3n) is 4.88. The molecule has 3 nitrogen and oxygen atoms in total. The van der Waals surface area contributed by atoms with E-state index in [9.17, 15) is 0 Å². The van der Waals surface area contributed by atoms with Gasteiger partial charge in [0, 0.05) is 24.2 Å². The van der Waals surface area contributed by atoms with Crippen LogP contribution in [0.25, 0.3) is 0 Å². The molecular weight excluding hydrogens is 246 g/mol. The van der Waals surface area contributed by atoms with E-state index in [0.29, 0.717) is 12.0 Å². The summed E-state index contributed by atoms with van der Waals surface area (Å²) in [5.41, 5.74) is 0.219.